The molecule has 0 spiro atoms. The highest BCUT2D eigenvalue weighted by molar-refractivity contribution is 5.24. The van der Waals surface area contributed by atoms with E-state index < -0.39 is 29.3 Å². The molecule has 0 aromatic carbocycles. The van der Waals surface area contributed by atoms with Crippen molar-refractivity contribution in [3.8, 4) is 0 Å². The van der Waals surface area contributed by atoms with Crippen LogP contribution in [0.4, 0.5) is 8.78 Å². The number of rotatable bonds is 2. The van der Waals surface area contributed by atoms with Crippen LogP contribution in [0, 0.1) is 16.2 Å². The summed E-state index contributed by atoms with van der Waals surface area (Å²) < 4.78 is 25.4. The van der Waals surface area contributed by atoms with Crippen molar-refractivity contribution in [2.24, 2.45) is 16.2 Å². The van der Waals surface area contributed by atoms with Gasteiger partial charge in [0, 0.05) is 0 Å². The van der Waals surface area contributed by atoms with Gasteiger partial charge in [0.15, 0.2) is 0 Å². The molecule has 1 aliphatic carbocycles. The Morgan fingerprint density at radius 3 is 1.42 bits per heavy atom. The van der Waals surface area contributed by atoms with E-state index in [4.69, 9.17) is 5.11 Å². The number of hydrogen-bond donors (Lipinski definition) is 1. The summed E-state index contributed by atoms with van der Waals surface area (Å²) in [4.78, 5) is 0. The Hall–Kier alpha value is -0.180. The second kappa shape index (κ2) is 2.19. The van der Waals surface area contributed by atoms with Crippen molar-refractivity contribution in [3.05, 3.63) is 0 Å². The molecule has 1 fully saturated rings. The van der Waals surface area contributed by atoms with Crippen molar-refractivity contribution in [2.75, 3.05) is 6.61 Å². The largest absolute Gasteiger partial charge is 0.396 e. The normalized spacial score (nSPS) is 29.0. The average Bonchev–Trinajstić information content (AvgIpc) is 2.21. The topological polar surface area (TPSA) is 20.2 Å². The predicted molar refractivity (Wildman–Crippen MR) is 43.1 cm³/mol. The smallest absolute Gasteiger partial charge is 0.247 e. The van der Waals surface area contributed by atoms with Gasteiger partial charge in [-0.05, 0) is 10.8 Å². The van der Waals surface area contributed by atoms with Crippen LogP contribution in [0.1, 0.15) is 27.7 Å². The summed E-state index contributed by atoms with van der Waals surface area (Å²) in [5.74, 6) is 0. The second-order valence-electron chi connectivity index (χ2n) is 4.68. The molecule has 0 heterocycles. The molecular formula is C9H16F2O. The van der Waals surface area contributed by atoms with E-state index in [2.05, 4.69) is 0 Å². The third-order valence-corrected chi connectivity index (χ3v) is 4.35. The number of aliphatic hydroxyl groups excluding tert-OH is 1. The van der Waals surface area contributed by atoms with Crippen molar-refractivity contribution < 1.29 is 13.9 Å². The molecule has 0 atom stereocenters. The first-order chi connectivity index (χ1) is 5.25. The maximum absolute atomic E-state index is 12.7. The summed E-state index contributed by atoms with van der Waals surface area (Å²) in [5.41, 5.74) is -2.13. The average molecular weight is 178 g/mol. The Kier molecular flexibility index (Phi) is 1.81. The summed E-state index contributed by atoms with van der Waals surface area (Å²) in [6, 6.07) is 0. The molecule has 1 nitrogen and oxygen atoms in total. The zero-order valence-corrected chi connectivity index (χ0v) is 7.99. The van der Waals surface area contributed by atoms with Gasteiger partial charge in [-0.15, -0.1) is 0 Å². The van der Waals surface area contributed by atoms with Crippen molar-refractivity contribution in [3.63, 3.8) is 0 Å². The van der Waals surface area contributed by atoms with E-state index in [0.29, 0.717) is 0 Å². The third kappa shape index (κ3) is 0.668. The van der Waals surface area contributed by atoms with E-state index in [0.717, 1.165) is 0 Å². The second-order valence-corrected chi connectivity index (χ2v) is 4.68. The fourth-order valence-electron chi connectivity index (χ4n) is 2.48. The Morgan fingerprint density at radius 1 is 1.08 bits per heavy atom. The number of aliphatic hydroxyl groups is 1. The predicted octanol–water partition coefficient (Wildman–Crippen LogP) is 2.30. The molecule has 72 valence electrons. The molecule has 1 rings (SSSR count). The van der Waals surface area contributed by atoms with Crippen molar-refractivity contribution in [1.29, 1.82) is 0 Å². The number of alkyl halides is 2. The lowest BCUT2D eigenvalue weighted by Crippen LogP contribution is -2.25. The standard InChI is InChI=1S/C9H16F2O/c1-7(2)8(3,4)9(7,5-12)6(10)11/h6,12H,5H2,1-4H3. The van der Waals surface area contributed by atoms with Crippen LogP contribution in [0.15, 0.2) is 0 Å². The fraction of sp³-hybridized carbons (Fsp3) is 1.00. The molecule has 1 aliphatic rings. The van der Waals surface area contributed by atoms with Gasteiger partial charge in [0.1, 0.15) is 0 Å². The lowest BCUT2D eigenvalue weighted by molar-refractivity contribution is -0.00893. The van der Waals surface area contributed by atoms with E-state index in [9.17, 15) is 8.78 Å². The van der Waals surface area contributed by atoms with Gasteiger partial charge in [-0.1, -0.05) is 27.7 Å². The molecule has 0 amide bonds. The molecule has 0 radical (unpaired) electrons. The van der Waals surface area contributed by atoms with E-state index in [1.165, 1.54) is 0 Å². The quantitative estimate of drug-likeness (QED) is 0.687. The molecule has 0 aromatic heterocycles. The van der Waals surface area contributed by atoms with Crippen molar-refractivity contribution >= 4 is 0 Å². The van der Waals surface area contributed by atoms with E-state index >= 15 is 0 Å². The maximum atomic E-state index is 12.7. The van der Waals surface area contributed by atoms with Gasteiger partial charge in [0.05, 0.1) is 12.0 Å². The van der Waals surface area contributed by atoms with Crippen LogP contribution in [0.3, 0.4) is 0 Å². The zero-order valence-electron chi connectivity index (χ0n) is 7.99. The molecular weight excluding hydrogens is 162 g/mol. The van der Waals surface area contributed by atoms with E-state index in [-0.39, 0.29) is 0 Å². The highest BCUT2D eigenvalue weighted by Crippen LogP contribution is 2.79. The minimum absolute atomic E-state index is 0.426. The van der Waals surface area contributed by atoms with Crippen molar-refractivity contribution in [2.45, 2.75) is 34.1 Å². The zero-order chi connectivity index (χ0) is 9.78. The summed E-state index contributed by atoms with van der Waals surface area (Å²) >= 11 is 0. The molecule has 3 heteroatoms. The van der Waals surface area contributed by atoms with Crippen LogP contribution in [0.2, 0.25) is 0 Å². The first-order valence-electron chi connectivity index (χ1n) is 4.14. The first-order valence-corrected chi connectivity index (χ1v) is 4.14. The molecule has 12 heavy (non-hydrogen) atoms. The van der Waals surface area contributed by atoms with Crippen LogP contribution in [0.25, 0.3) is 0 Å². The molecule has 0 aliphatic heterocycles. The third-order valence-electron chi connectivity index (χ3n) is 4.35. The molecule has 0 unspecified atom stereocenters. The van der Waals surface area contributed by atoms with Crippen LogP contribution in [0.5, 0.6) is 0 Å². The van der Waals surface area contributed by atoms with Crippen LogP contribution >= 0.6 is 0 Å². The first kappa shape index (κ1) is 9.90. The number of hydrogen-bond acceptors (Lipinski definition) is 1. The van der Waals surface area contributed by atoms with Crippen LogP contribution in [-0.4, -0.2) is 18.1 Å². The van der Waals surface area contributed by atoms with E-state index in [1.54, 1.807) is 27.7 Å². The Bertz CT molecular complexity index is 183. The molecule has 0 aromatic rings. The van der Waals surface area contributed by atoms with Gasteiger partial charge in [-0.3, -0.25) is 0 Å². The Morgan fingerprint density at radius 2 is 1.42 bits per heavy atom. The van der Waals surface area contributed by atoms with Crippen LogP contribution < -0.4 is 0 Å². The minimum Gasteiger partial charge on any atom is -0.396 e. The van der Waals surface area contributed by atoms with Crippen LogP contribution in [-0.2, 0) is 0 Å². The van der Waals surface area contributed by atoms with Gasteiger partial charge in [-0.2, -0.15) is 0 Å². The molecule has 1 N–H and O–H groups in total. The highest BCUT2D eigenvalue weighted by Gasteiger charge is 2.80. The van der Waals surface area contributed by atoms with Gasteiger partial charge in [0.25, 0.3) is 0 Å². The molecule has 0 saturated heterocycles. The molecule has 0 bridgehead atoms. The van der Waals surface area contributed by atoms with Gasteiger partial charge in [0.2, 0.25) is 6.43 Å². The lowest BCUT2D eigenvalue weighted by Gasteiger charge is -2.16. The lowest BCUT2D eigenvalue weighted by atomic mass is 9.97. The molecule has 1 saturated carbocycles. The summed E-state index contributed by atoms with van der Waals surface area (Å²) in [5, 5.41) is 9.02. The summed E-state index contributed by atoms with van der Waals surface area (Å²) in [6.07, 6.45) is -2.44. The Labute approximate surface area is 71.8 Å². The Balaban J connectivity index is 3.03. The van der Waals surface area contributed by atoms with E-state index in [1.807, 2.05) is 0 Å². The van der Waals surface area contributed by atoms with Gasteiger partial charge in [-0.25, -0.2) is 8.78 Å². The minimum atomic E-state index is -2.44. The van der Waals surface area contributed by atoms with Gasteiger partial charge < -0.3 is 5.11 Å². The number of halogens is 2. The highest BCUT2D eigenvalue weighted by atomic mass is 19.3. The maximum Gasteiger partial charge on any atom is 0.247 e. The van der Waals surface area contributed by atoms with Gasteiger partial charge >= 0.3 is 0 Å². The summed E-state index contributed by atoms with van der Waals surface area (Å²) in [6.45, 7) is 6.72. The fourth-order valence-corrected chi connectivity index (χ4v) is 2.48. The SMILES string of the molecule is CC1(C)C(C)(C)C1(CO)C(F)F. The monoisotopic (exact) mass is 178 g/mol. The van der Waals surface area contributed by atoms with Crippen molar-refractivity contribution in [1.82, 2.24) is 0 Å². The summed E-state index contributed by atoms with van der Waals surface area (Å²) in [7, 11) is 0.